The molecule has 2 fully saturated rings. The molecule has 106 valence electrons. The molecule has 3 heterocycles. The molecule has 3 heteroatoms. The van der Waals surface area contributed by atoms with Crippen LogP contribution in [-0.2, 0) is 16.1 Å². The van der Waals surface area contributed by atoms with E-state index < -0.39 is 0 Å². The van der Waals surface area contributed by atoms with Gasteiger partial charge in [0.15, 0.2) is 0 Å². The molecule has 0 spiro atoms. The Morgan fingerprint density at radius 1 is 1.30 bits per heavy atom. The number of rotatable bonds is 2. The maximum absolute atomic E-state index is 12.5. The van der Waals surface area contributed by atoms with Crippen LogP contribution in [0.2, 0.25) is 0 Å². The van der Waals surface area contributed by atoms with Gasteiger partial charge in [-0.2, -0.15) is 0 Å². The molecule has 1 aromatic rings. The summed E-state index contributed by atoms with van der Waals surface area (Å²) in [5.41, 5.74) is 2.81. The van der Waals surface area contributed by atoms with Gasteiger partial charge < -0.3 is 4.74 Å². The van der Waals surface area contributed by atoms with Gasteiger partial charge in [-0.05, 0) is 30.9 Å². The zero-order valence-corrected chi connectivity index (χ0v) is 11.9. The van der Waals surface area contributed by atoms with Crippen LogP contribution in [0.5, 0.6) is 0 Å². The number of hydrogen-bond acceptors (Lipinski definition) is 3. The largest absolute Gasteiger partial charge is 0.466 e. The fraction of sp³-hybridized carbons (Fsp3) is 0.588. The maximum atomic E-state index is 12.5. The number of carbonyl (C=O) groups excluding carboxylic acids is 1. The van der Waals surface area contributed by atoms with Gasteiger partial charge in [0.25, 0.3) is 0 Å². The number of esters is 1. The Labute approximate surface area is 119 Å². The molecular weight excluding hydrogens is 250 g/mol. The summed E-state index contributed by atoms with van der Waals surface area (Å²) in [6, 6.07) is 9.61. The summed E-state index contributed by atoms with van der Waals surface area (Å²) in [7, 11) is 0. The van der Waals surface area contributed by atoms with E-state index in [1.807, 2.05) is 6.92 Å². The molecule has 0 aliphatic carbocycles. The van der Waals surface area contributed by atoms with Gasteiger partial charge in [0.1, 0.15) is 0 Å². The number of benzene rings is 1. The Balaban J connectivity index is 1.79. The third-order valence-electron chi connectivity index (χ3n) is 5.39. The van der Waals surface area contributed by atoms with Crippen molar-refractivity contribution in [1.29, 1.82) is 0 Å². The number of fused-ring (bicyclic) bond motifs is 2. The Kier molecular flexibility index (Phi) is 2.84. The molecule has 4 bridgehead atoms. The van der Waals surface area contributed by atoms with Crippen LogP contribution in [0.4, 0.5) is 0 Å². The van der Waals surface area contributed by atoms with Crippen molar-refractivity contribution in [2.24, 2.45) is 5.92 Å². The fourth-order valence-electron chi connectivity index (χ4n) is 4.74. The van der Waals surface area contributed by atoms with Crippen LogP contribution < -0.4 is 0 Å². The Bertz CT molecular complexity index is 542. The van der Waals surface area contributed by atoms with E-state index >= 15 is 0 Å². The molecule has 3 nitrogen and oxygen atoms in total. The summed E-state index contributed by atoms with van der Waals surface area (Å²) in [4.78, 5) is 15.1. The van der Waals surface area contributed by atoms with Gasteiger partial charge >= 0.3 is 5.97 Å². The second-order valence-electron chi connectivity index (χ2n) is 6.24. The Morgan fingerprint density at radius 3 is 2.95 bits per heavy atom. The molecule has 0 radical (unpaired) electrons. The lowest BCUT2D eigenvalue weighted by atomic mass is 9.79. The summed E-state index contributed by atoms with van der Waals surface area (Å²) < 4.78 is 5.39. The van der Waals surface area contributed by atoms with Crippen molar-refractivity contribution in [2.75, 3.05) is 6.61 Å². The van der Waals surface area contributed by atoms with E-state index in [-0.39, 0.29) is 11.9 Å². The monoisotopic (exact) mass is 271 g/mol. The van der Waals surface area contributed by atoms with E-state index in [0.29, 0.717) is 24.6 Å². The summed E-state index contributed by atoms with van der Waals surface area (Å²) in [5.74, 6) is 0.422. The van der Waals surface area contributed by atoms with Gasteiger partial charge in [0, 0.05) is 24.5 Å². The lowest BCUT2D eigenvalue weighted by Gasteiger charge is -2.39. The van der Waals surface area contributed by atoms with Crippen molar-refractivity contribution < 1.29 is 9.53 Å². The minimum absolute atomic E-state index is 0.0219. The molecule has 0 amide bonds. The predicted molar refractivity (Wildman–Crippen MR) is 76.3 cm³/mol. The molecular formula is C17H21NO2. The van der Waals surface area contributed by atoms with E-state index in [1.54, 1.807) is 0 Å². The predicted octanol–water partition coefficient (Wildman–Crippen LogP) is 2.70. The summed E-state index contributed by atoms with van der Waals surface area (Å²) in [5, 5.41) is 0. The lowest BCUT2D eigenvalue weighted by Crippen LogP contribution is -2.43. The molecule has 20 heavy (non-hydrogen) atoms. The van der Waals surface area contributed by atoms with Crippen LogP contribution in [-0.4, -0.2) is 29.6 Å². The normalized spacial score (nSPS) is 37.4. The number of carbonyl (C=O) groups is 1. The van der Waals surface area contributed by atoms with E-state index in [9.17, 15) is 4.79 Å². The molecule has 1 aromatic carbocycles. The Morgan fingerprint density at radius 2 is 2.10 bits per heavy atom. The number of ether oxygens (including phenoxy) is 1. The average Bonchev–Trinajstić information content (AvgIpc) is 2.63. The van der Waals surface area contributed by atoms with Gasteiger partial charge in [-0.15, -0.1) is 0 Å². The lowest BCUT2D eigenvalue weighted by molar-refractivity contribution is -0.149. The molecule has 2 saturated heterocycles. The van der Waals surface area contributed by atoms with Gasteiger partial charge in [0.05, 0.1) is 12.5 Å². The number of nitrogens with zero attached hydrogens (tertiary/aromatic N) is 1. The smallest absolute Gasteiger partial charge is 0.311 e. The van der Waals surface area contributed by atoms with Crippen molar-refractivity contribution in [3.63, 3.8) is 0 Å². The first kappa shape index (κ1) is 12.4. The van der Waals surface area contributed by atoms with Crippen LogP contribution in [0.15, 0.2) is 24.3 Å². The highest BCUT2D eigenvalue weighted by atomic mass is 16.5. The van der Waals surface area contributed by atoms with Crippen molar-refractivity contribution >= 4 is 5.97 Å². The molecule has 0 aromatic heterocycles. The van der Waals surface area contributed by atoms with E-state index in [2.05, 4.69) is 29.2 Å². The molecule has 3 aliphatic rings. The van der Waals surface area contributed by atoms with E-state index in [0.717, 1.165) is 13.0 Å². The van der Waals surface area contributed by atoms with Gasteiger partial charge in [0.2, 0.25) is 0 Å². The molecule has 1 unspecified atom stereocenters. The van der Waals surface area contributed by atoms with Crippen molar-refractivity contribution in [3.8, 4) is 0 Å². The summed E-state index contributed by atoms with van der Waals surface area (Å²) in [6.07, 6.45) is 3.62. The molecule has 4 rings (SSSR count). The molecule has 0 N–H and O–H groups in total. The van der Waals surface area contributed by atoms with Crippen LogP contribution in [0.1, 0.15) is 43.2 Å². The number of hydrogen-bond donors (Lipinski definition) is 0. The van der Waals surface area contributed by atoms with Crippen molar-refractivity contribution in [1.82, 2.24) is 4.90 Å². The SMILES string of the molecule is CCOC(=O)[C@H]1[C@@H]2c3ccccc3CN3[C@@H]2CCC[C@@H]13. The van der Waals surface area contributed by atoms with Crippen LogP contribution >= 0.6 is 0 Å². The quantitative estimate of drug-likeness (QED) is 0.775. The van der Waals surface area contributed by atoms with E-state index in [1.165, 1.54) is 24.0 Å². The second-order valence-corrected chi connectivity index (χ2v) is 6.24. The first-order chi connectivity index (χ1) is 9.81. The van der Waals surface area contributed by atoms with Gasteiger partial charge in [-0.3, -0.25) is 9.69 Å². The Hall–Kier alpha value is -1.35. The minimum Gasteiger partial charge on any atom is -0.466 e. The fourth-order valence-corrected chi connectivity index (χ4v) is 4.74. The van der Waals surface area contributed by atoms with Gasteiger partial charge in [-0.25, -0.2) is 0 Å². The zero-order valence-electron chi connectivity index (χ0n) is 11.9. The van der Waals surface area contributed by atoms with Crippen LogP contribution in [0, 0.1) is 5.92 Å². The summed E-state index contributed by atoms with van der Waals surface area (Å²) in [6.45, 7) is 3.40. The zero-order chi connectivity index (χ0) is 13.7. The van der Waals surface area contributed by atoms with Gasteiger partial charge in [-0.1, -0.05) is 30.7 Å². The van der Waals surface area contributed by atoms with E-state index in [4.69, 9.17) is 4.74 Å². The first-order valence-electron chi connectivity index (χ1n) is 7.81. The first-order valence-corrected chi connectivity index (χ1v) is 7.81. The maximum Gasteiger partial charge on any atom is 0.311 e. The molecule has 3 aliphatic heterocycles. The average molecular weight is 271 g/mol. The minimum atomic E-state index is 0.0219. The third kappa shape index (κ3) is 1.59. The topological polar surface area (TPSA) is 29.5 Å². The standard InChI is InChI=1S/C17H21NO2/c1-2-20-17(19)16-14-9-5-8-13-15(16)12-7-4-3-6-11(12)10-18(13)14/h3-4,6-7,13-16H,2,5,8-10H2,1H3/t13-,14+,15-,16-/m1/s1. The highest BCUT2D eigenvalue weighted by molar-refractivity contribution is 5.76. The molecule has 5 atom stereocenters. The second kappa shape index (κ2) is 4.59. The third-order valence-corrected chi connectivity index (χ3v) is 5.39. The van der Waals surface area contributed by atoms with Crippen LogP contribution in [0.25, 0.3) is 0 Å². The van der Waals surface area contributed by atoms with Crippen molar-refractivity contribution in [2.45, 2.75) is 50.7 Å². The van der Waals surface area contributed by atoms with Crippen LogP contribution in [0.3, 0.4) is 0 Å². The highest BCUT2D eigenvalue weighted by Gasteiger charge is 2.56. The van der Waals surface area contributed by atoms with Crippen molar-refractivity contribution in [3.05, 3.63) is 35.4 Å². The summed E-state index contributed by atoms with van der Waals surface area (Å²) >= 11 is 0. The molecule has 0 saturated carbocycles. The number of piperidine rings is 1. The highest BCUT2D eigenvalue weighted by Crippen LogP contribution is 2.53.